The van der Waals surface area contributed by atoms with Crippen LogP contribution in [0.25, 0.3) is 11.1 Å². The van der Waals surface area contributed by atoms with Gasteiger partial charge in [-0.2, -0.15) is 0 Å². The number of halogens is 2. The lowest BCUT2D eigenvalue weighted by Gasteiger charge is -2.03. The number of hydrogen-bond donors (Lipinski definition) is 1. The molecule has 3 nitrogen and oxygen atoms in total. The first kappa shape index (κ1) is 10.3. The van der Waals surface area contributed by atoms with Crippen LogP contribution in [0.1, 0.15) is 5.76 Å². The van der Waals surface area contributed by atoms with Crippen molar-refractivity contribution in [3.8, 4) is 11.1 Å². The molecule has 0 radical (unpaired) electrons. The van der Waals surface area contributed by atoms with Crippen LogP contribution in [0.15, 0.2) is 22.7 Å². The first-order chi connectivity index (χ1) is 7.09. The second-order valence-corrected chi connectivity index (χ2v) is 3.97. The summed E-state index contributed by atoms with van der Waals surface area (Å²) in [6.45, 7) is 1.78. The molecule has 0 spiro atoms. The van der Waals surface area contributed by atoms with Crippen LogP contribution in [0.5, 0.6) is 0 Å². The Hall–Kier alpha value is -1.19. The quantitative estimate of drug-likeness (QED) is 0.833. The number of aryl methyl sites for hydroxylation is 1. The predicted octanol–water partition coefficient (Wildman–Crippen LogP) is 3.54. The van der Waals surface area contributed by atoms with Gasteiger partial charge in [-0.3, -0.25) is 0 Å². The summed E-state index contributed by atoms with van der Waals surface area (Å²) in [7, 11) is 0. The Kier molecular flexibility index (Phi) is 2.59. The van der Waals surface area contributed by atoms with E-state index >= 15 is 0 Å². The third kappa shape index (κ3) is 1.80. The summed E-state index contributed by atoms with van der Waals surface area (Å²) < 4.78 is 4.97. The minimum atomic E-state index is 0.330. The summed E-state index contributed by atoms with van der Waals surface area (Å²) in [5.41, 5.74) is 7.18. The maximum Gasteiger partial charge on any atom is 0.175 e. The molecule has 0 saturated heterocycles. The molecular formula is C10H8Cl2N2O. The highest BCUT2D eigenvalue weighted by molar-refractivity contribution is 6.36. The van der Waals surface area contributed by atoms with Crippen LogP contribution in [0.4, 0.5) is 5.82 Å². The van der Waals surface area contributed by atoms with Crippen molar-refractivity contribution in [1.29, 1.82) is 0 Å². The zero-order valence-electron chi connectivity index (χ0n) is 7.92. The molecule has 0 fully saturated rings. The van der Waals surface area contributed by atoms with Crippen molar-refractivity contribution < 1.29 is 4.52 Å². The molecule has 1 aromatic heterocycles. The van der Waals surface area contributed by atoms with Gasteiger partial charge >= 0.3 is 0 Å². The second kappa shape index (κ2) is 3.76. The summed E-state index contributed by atoms with van der Waals surface area (Å²) in [5.74, 6) is 0.966. The molecule has 2 aromatic rings. The van der Waals surface area contributed by atoms with E-state index in [4.69, 9.17) is 33.5 Å². The predicted molar refractivity (Wildman–Crippen MR) is 61.1 cm³/mol. The highest BCUT2D eigenvalue weighted by Gasteiger charge is 2.15. The molecule has 0 bridgehead atoms. The topological polar surface area (TPSA) is 52.0 Å². The maximum absolute atomic E-state index is 6.06. The van der Waals surface area contributed by atoms with E-state index in [0.29, 0.717) is 21.6 Å². The van der Waals surface area contributed by atoms with Crippen LogP contribution in [0.2, 0.25) is 10.0 Å². The van der Waals surface area contributed by atoms with Gasteiger partial charge in [0.2, 0.25) is 0 Å². The number of aromatic nitrogens is 1. The van der Waals surface area contributed by atoms with Gasteiger partial charge in [-0.05, 0) is 19.1 Å². The van der Waals surface area contributed by atoms with Gasteiger partial charge in [-0.1, -0.05) is 34.4 Å². The number of hydrogen-bond acceptors (Lipinski definition) is 3. The minimum Gasteiger partial charge on any atom is -0.380 e. The number of anilines is 1. The van der Waals surface area contributed by atoms with Crippen molar-refractivity contribution in [2.24, 2.45) is 0 Å². The SMILES string of the molecule is Cc1onc(N)c1-c1ccc(Cl)cc1Cl. The van der Waals surface area contributed by atoms with E-state index in [0.717, 1.165) is 11.1 Å². The van der Waals surface area contributed by atoms with Gasteiger partial charge in [0, 0.05) is 10.6 Å². The number of nitrogens with zero attached hydrogens (tertiary/aromatic N) is 1. The van der Waals surface area contributed by atoms with Crippen LogP contribution in [0, 0.1) is 6.92 Å². The van der Waals surface area contributed by atoms with Crippen molar-refractivity contribution in [1.82, 2.24) is 5.16 Å². The van der Waals surface area contributed by atoms with Gasteiger partial charge in [0.05, 0.1) is 10.6 Å². The van der Waals surface area contributed by atoms with Crippen molar-refractivity contribution in [3.63, 3.8) is 0 Å². The molecule has 2 rings (SSSR count). The van der Waals surface area contributed by atoms with E-state index in [1.54, 1.807) is 25.1 Å². The van der Waals surface area contributed by atoms with E-state index in [1.165, 1.54) is 0 Å². The third-order valence-corrected chi connectivity index (χ3v) is 2.64. The van der Waals surface area contributed by atoms with Crippen LogP contribution in [-0.2, 0) is 0 Å². The zero-order chi connectivity index (χ0) is 11.0. The molecule has 1 aromatic carbocycles. The zero-order valence-corrected chi connectivity index (χ0v) is 9.43. The van der Waals surface area contributed by atoms with E-state index in [-0.39, 0.29) is 0 Å². The molecule has 0 unspecified atom stereocenters. The summed E-state index contributed by atoms with van der Waals surface area (Å²) >= 11 is 11.9. The first-order valence-electron chi connectivity index (χ1n) is 4.26. The molecule has 0 aliphatic carbocycles. The molecule has 5 heteroatoms. The van der Waals surface area contributed by atoms with Crippen molar-refractivity contribution in [2.75, 3.05) is 5.73 Å². The van der Waals surface area contributed by atoms with Gasteiger partial charge in [0.15, 0.2) is 5.82 Å². The molecule has 1 heterocycles. The Morgan fingerprint density at radius 3 is 2.60 bits per heavy atom. The van der Waals surface area contributed by atoms with Crippen molar-refractivity contribution >= 4 is 29.0 Å². The Balaban J connectivity index is 2.64. The third-order valence-electron chi connectivity index (χ3n) is 2.09. The summed E-state index contributed by atoms with van der Waals surface area (Å²) in [6, 6.07) is 5.19. The molecular weight excluding hydrogens is 235 g/mol. The molecule has 0 aliphatic heterocycles. The first-order valence-corrected chi connectivity index (χ1v) is 5.02. The Morgan fingerprint density at radius 2 is 2.07 bits per heavy atom. The lowest BCUT2D eigenvalue weighted by atomic mass is 10.1. The van der Waals surface area contributed by atoms with Crippen molar-refractivity contribution in [3.05, 3.63) is 34.0 Å². The standard InChI is InChI=1S/C10H8Cl2N2O/c1-5-9(10(13)14-15-5)7-3-2-6(11)4-8(7)12/h2-4H,1H3,(H2,13,14). The smallest absolute Gasteiger partial charge is 0.175 e. The molecule has 2 N–H and O–H groups in total. The lowest BCUT2D eigenvalue weighted by molar-refractivity contribution is 0.401. The van der Waals surface area contributed by atoms with Gasteiger partial charge in [0.25, 0.3) is 0 Å². The fraction of sp³-hybridized carbons (Fsp3) is 0.100. The van der Waals surface area contributed by atoms with Crippen LogP contribution in [0.3, 0.4) is 0 Å². The Morgan fingerprint density at radius 1 is 1.33 bits per heavy atom. The molecule has 0 amide bonds. The number of nitrogen functional groups attached to an aromatic ring is 1. The normalized spacial score (nSPS) is 10.6. The highest BCUT2D eigenvalue weighted by atomic mass is 35.5. The maximum atomic E-state index is 6.06. The largest absolute Gasteiger partial charge is 0.380 e. The number of rotatable bonds is 1. The molecule has 15 heavy (non-hydrogen) atoms. The van der Waals surface area contributed by atoms with E-state index in [2.05, 4.69) is 5.16 Å². The van der Waals surface area contributed by atoms with Gasteiger partial charge in [-0.15, -0.1) is 0 Å². The van der Waals surface area contributed by atoms with Crippen molar-refractivity contribution in [2.45, 2.75) is 6.92 Å². The van der Waals surface area contributed by atoms with Crippen LogP contribution >= 0.6 is 23.2 Å². The van der Waals surface area contributed by atoms with Gasteiger partial charge < -0.3 is 10.3 Å². The van der Waals surface area contributed by atoms with Gasteiger partial charge in [0.1, 0.15) is 5.76 Å². The fourth-order valence-electron chi connectivity index (χ4n) is 1.41. The number of benzene rings is 1. The van der Waals surface area contributed by atoms with Gasteiger partial charge in [-0.25, -0.2) is 0 Å². The van der Waals surface area contributed by atoms with E-state index < -0.39 is 0 Å². The Bertz CT molecular complexity index is 489. The highest BCUT2D eigenvalue weighted by Crippen LogP contribution is 2.35. The number of nitrogens with two attached hydrogens (primary N) is 1. The van der Waals surface area contributed by atoms with Crippen LogP contribution < -0.4 is 5.73 Å². The molecule has 78 valence electrons. The monoisotopic (exact) mass is 242 g/mol. The molecule has 0 saturated carbocycles. The molecule has 0 aliphatic rings. The average Bonchev–Trinajstić information content (AvgIpc) is 2.48. The summed E-state index contributed by atoms with van der Waals surface area (Å²) in [4.78, 5) is 0. The lowest BCUT2D eigenvalue weighted by Crippen LogP contribution is -1.89. The minimum absolute atomic E-state index is 0.330. The van der Waals surface area contributed by atoms with E-state index in [1.807, 2.05) is 0 Å². The summed E-state index contributed by atoms with van der Waals surface area (Å²) in [6.07, 6.45) is 0. The second-order valence-electron chi connectivity index (χ2n) is 3.12. The molecule has 0 atom stereocenters. The van der Waals surface area contributed by atoms with E-state index in [9.17, 15) is 0 Å². The summed E-state index contributed by atoms with van der Waals surface area (Å²) in [5, 5.41) is 4.78. The Labute approximate surface area is 96.8 Å². The van der Waals surface area contributed by atoms with Crippen LogP contribution in [-0.4, -0.2) is 5.16 Å². The average molecular weight is 243 g/mol. The fourth-order valence-corrected chi connectivity index (χ4v) is 1.91.